The van der Waals surface area contributed by atoms with Crippen LogP contribution in [0.4, 0.5) is 26.5 Å². The van der Waals surface area contributed by atoms with Crippen molar-refractivity contribution in [3.63, 3.8) is 0 Å². The van der Waals surface area contributed by atoms with Crippen LogP contribution in [0.3, 0.4) is 0 Å². The highest BCUT2D eigenvalue weighted by Crippen LogP contribution is 2.34. The van der Waals surface area contributed by atoms with Crippen LogP contribution in [0.25, 0.3) is 11.4 Å². The predicted molar refractivity (Wildman–Crippen MR) is 115 cm³/mol. The number of nitrogen functional groups attached to an aromatic ring is 1. The van der Waals surface area contributed by atoms with Crippen LogP contribution in [0.2, 0.25) is 0 Å². The van der Waals surface area contributed by atoms with E-state index >= 15 is 0 Å². The van der Waals surface area contributed by atoms with Gasteiger partial charge in [0.15, 0.2) is 5.82 Å². The zero-order valence-corrected chi connectivity index (χ0v) is 17.0. The number of urea groups is 1. The van der Waals surface area contributed by atoms with E-state index in [0.717, 1.165) is 17.5 Å². The molecule has 4 N–H and O–H groups in total. The zero-order valence-electron chi connectivity index (χ0n) is 16.2. The van der Waals surface area contributed by atoms with Crippen LogP contribution in [0.1, 0.15) is 19.5 Å². The molecule has 0 saturated carbocycles. The Balaban J connectivity index is 1.73. The monoisotopic (exact) mass is 412 g/mol. The Labute approximate surface area is 172 Å². The van der Waals surface area contributed by atoms with E-state index in [4.69, 9.17) is 5.73 Å². The molecule has 3 rings (SSSR count). The van der Waals surface area contributed by atoms with Crippen LogP contribution in [-0.2, 0) is 4.75 Å². The van der Waals surface area contributed by atoms with Gasteiger partial charge in [-0.1, -0.05) is 0 Å². The second-order valence-corrected chi connectivity index (χ2v) is 8.16. The highest BCUT2D eigenvalue weighted by atomic mass is 32.2. The van der Waals surface area contributed by atoms with Crippen molar-refractivity contribution in [2.45, 2.75) is 18.6 Å². The fourth-order valence-corrected chi connectivity index (χ4v) is 2.75. The van der Waals surface area contributed by atoms with Crippen LogP contribution < -0.4 is 16.4 Å². The van der Waals surface area contributed by atoms with Gasteiger partial charge in [-0.15, -0.1) is 0 Å². The topological polar surface area (TPSA) is 106 Å². The molecule has 0 atom stereocenters. The molecule has 7 nitrogen and oxygen atoms in total. The lowest BCUT2D eigenvalue weighted by Crippen LogP contribution is -2.20. The van der Waals surface area contributed by atoms with E-state index in [2.05, 4.69) is 39.4 Å². The Morgan fingerprint density at radius 2 is 1.83 bits per heavy atom. The van der Waals surface area contributed by atoms with Crippen molar-refractivity contribution >= 4 is 35.1 Å². The normalized spacial score (nSPS) is 11.2. The first-order valence-corrected chi connectivity index (χ1v) is 9.99. The average Bonchev–Trinajstić information content (AvgIpc) is 2.70. The number of halogens is 1. The third kappa shape index (κ3) is 5.20. The number of anilines is 3. The molecule has 0 spiro atoms. The fraction of sp³-hybridized carbons (Fsp3) is 0.200. The molecule has 0 aliphatic carbocycles. The molecule has 0 aliphatic heterocycles. The highest BCUT2D eigenvalue weighted by Gasteiger charge is 2.22. The maximum Gasteiger partial charge on any atom is 0.324 e. The molecule has 1 aromatic carbocycles. The highest BCUT2D eigenvalue weighted by molar-refractivity contribution is 7.99. The average molecular weight is 412 g/mol. The van der Waals surface area contributed by atoms with Gasteiger partial charge in [0.25, 0.3) is 0 Å². The maximum absolute atomic E-state index is 12.9. The molecule has 150 valence electrons. The van der Waals surface area contributed by atoms with Crippen LogP contribution in [0.15, 0.2) is 48.7 Å². The standard InChI is InChI=1S/C20H21FN6OS/c1-20(2,29-3)15-10-16(22)26-18(25-15)12-4-7-14(8-5-12)24-19(28)27-17-9-6-13(21)11-23-17/h4-11H,1-3H3,(H2,22,25,26)(H2,23,24,27,28). The molecule has 2 aromatic heterocycles. The number of rotatable bonds is 5. The molecular formula is C20H21FN6OS. The molecule has 0 aliphatic rings. The molecule has 0 fully saturated rings. The van der Waals surface area contributed by atoms with E-state index in [-0.39, 0.29) is 10.6 Å². The Kier molecular flexibility index (Phi) is 5.97. The largest absolute Gasteiger partial charge is 0.384 e. The molecule has 3 aromatic rings. The second-order valence-electron chi connectivity index (χ2n) is 6.73. The van der Waals surface area contributed by atoms with Gasteiger partial charge in [0.2, 0.25) is 0 Å². The third-order valence-electron chi connectivity index (χ3n) is 4.24. The third-order valence-corrected chi connectivity index (χ3v) is 5.47. The first-order valence-electron chi connectivity index (χ1n) is 8.77. The van der Waals surface area contributed by atoms with Crippen LogP contribution in [-0.4, -0.2) is 27.2 Å². The summed E-state index contributed by atoms with van der Waals surface area (Å²) >= 11 is 1.68. The van der Waals surface area contributed by atoms with E-state index in [0.29, 0.717) is 17.3 Å². The van der Waals surface area contributed by atoms with E-state index < -0.39 is 11.8 Å². The van der Waals surface area contributed by atoms with Gasteiger partial charge >= 0.3 is 6.03 Å². The van der Waals surface area contributed by atoms with Crippen molar-refractivity contribution in [1.82, 2.24) is 15.0 Å². The quantitative estimate of drug-likeness (QED) is 0.570. The summed E-state index contributed by atoms with van der Waals surface area (Å²) < 4.78 is 12.7. The summed E-state index contributed by atoms with van der Waals surface area (Å²) in [5, 5.41) is 5.22. The minimum absolute atomic E-state index is 0.195. The smallest absolute Gasteiger partial charge is 0.324 e. The number of amides is 2. The number of nitrogens with zero attached hydrogens (tertiary/aromatic N) is 3. The number of pyridine rings is 1. The summed E-state index contributed by atoms with van der Waals surface area (Å²) in [4.78, 5) is 24.8. The lowest BCUT2D eigenvalue weighted by Gasteiger charge is -2.22. The van der Waals surface area contributed by atoms with Crippen molar-refractivity contribution in [3.05, 3.63) is 60.2 Å². The summed E-state index contributed by atoms with van der Waals surface area (Å²) in [6.07, 6.45) is 3.05. The van der Waals surface area contributed by atoms with E-state index in [1.54, 1.807) is 42.1 Å². The summed E-state index contributed by atoms with van der Waals surface area (Å²) in [6, 6.07) is 11.0. The van der Waals surface area contributed by atoms with Gasteiger partial charge in [0.05, 0.1) is 16.6 Å². The second kappa shape index (κ2) is 8.44. The van der Waals surface area contributed by atoms with Gasteiger partial charge in [0.1, 0.15) is 17.5 Å². The molecule has 9 heteroatoms. The van der Waals surface area contributed by atoms with Crippen molar-refractivity contribution in [2.75, 3.05) is 22.6 Å². The van der Waals surface area contributed by atoms with E-state index in [1.165, 1.54) is 12.1 Å². The molecule has 0 saturated heterocycles. The van der Waals surface area contributed by atoms with Gasteiger partial charge in [-0.05, 0) is 56.5 Å². The predicted octanol–water partition coefficient (Wildman–Crippen LogP) is 4.50. The van der Waals surface area contributed by atoms with Crippen molar-refractivity contribution in [2.24, 2.45) is 0 Å². The number of aromatic nitrogens is 3. The Hall–Kier alpha value is -3.20. The zero-order chi connectivity index (χ0) is 21.0. The fourth-order valence-electron chi connectivity index (χ4n) is 2.44. The van der Waals surface area contributed by atoms with Crippen LogP contribution >= 0.6 is 11.8 Å². The first-order chi connectivity index (χ1) is 13.8. The number of hydrogen-bond acceptors (Lipinski definition) is 6. The molecule has 0 bridgehead atoms. The summed E-state index contributed by atoms with van der Waals surface area (Å²) in [6.45, 7) is 4.15. The van der Waals surface area contributed by atoms with Gasteiger partial charge < -0.3 is 11.1 Å². The minimum atomic E-state index is -0.485. The number of nitrogens with two attached hydrogens (primary N) is 1. The van der Waals surface area contributed by atoms with Crippen molar-refractivity contribution in [3.8, 4) is 11.4 Å². The van der Waals surface area contributed by atoms with Crippen LogP contribution in [0.5, 0.6) is 0 Å². The van der Waals surface area contributed by atoms with Crippen LogP contribution in [0, 0.1) is 5.82 Å². The Bertz CT molecular complexity index is 1010. The van der Waals surface area contributed by atoms with Crippen molar-refractivity contribution in [1.29, 1.82) is 0 Å². The number of carbonyl (C=O) groups is 1. The number of benzene rings is 1. The van der Waals surface area contributed by atoms with E-state index in [9.17, 15) is 9.18 Å². The van der Waals surface area contributed by atoms with Crippen molar-refractivity contribution < 1.29 is 9.18 Å². The van der Waals surface area contributed by atoms with E-state index in [1.807, 2.05) is 6.26 Å². The SMILES string of the molecule is CSC(C)(C)c1cc(N)nc(-c2ccc(NC(=O)Nc3ccc(F)cn3)cc2)n1. The molecule has 2 amide bonds. The van der Waals surface area contributed by atoms with Gasteiger partial charge in [0, 0.05) is 17.3 Å². The summed E-state index contributed by atoms with van der Waals surface area (Å²) in [5.74, 6) is 0.700. The summed E-state index contributed by atoms with van der Waals surface area (Å²) in [7, 11) is 0. The van der Waals surface area contributed by atoms with Gasteiger partial charge in [-0.2, -0.15) is 11.8 Å². The molecule has 2 heterocycles. The number of hydrogen-bond donors (Lipinski definition) is 3. The Morgan fingerprint density at radius 3 is 2.45 bits per heavy atom. The molecule has 29 heavy (non-hydrogen) atoms. The molecule has 0 radical (unpaired) electrons. The molecular weight excluding hydrogens is 391 g/mol. The molecule has 0 unspecified atom stereocenters. The summed E-state index contributed by atoms with van der Waals surface area (Å²) in [5.41, 5.74) is 8.17. The Morgan fingerprint density at radius 1 is 1.10 bits per heavy atom. The first kappa shape index (κ1) is 20.5. The van der Waals surface area contributed by atoms with Gasteiger partial charge in [-0.25, -0.2) is 24.1 Å². The lowest BCUT2D eigenvalue weighted by atomic mass is 10.1. The lowest BCUT2D eigenvalue weighted by molar-refractivity contribution is 0.262. The minimum Gasteiger partial charge on any atom is -0.384 e. The number of thioether (sulfide) groups is 1. The van der Waals surface area contributed by atoms with Gasteiger partial charge in [-0.3, -0.25) is 5.32 Å². The number of nitrogens with one attached hydrogen (secondary N) is 2. The number of carbonyl (C=O) groups excluding carboxylic acids is 1. The maximum atomic E-state index is 12.9.